The van der Waals surface area contributed by atoms with Gasteiger partial charge in [-0.15, -0.1) is 0 Å². The van der Waals surface area contributed by atoms with E-state index in [4.69, 9.17) is 10.3 Å². The minimum Gasteiger partial charge on any atom is -0.342 e. The number of nitrogens with zero attached hydrogens (tertiary/aromatic N) is 4. The van der Waals surface area contributed by atoms with Crippen LogP contribution in [0.4, 0.5) is 0 Å². The molecule has 3 heterocycles. The van der Waals surface area contributed by atoms with Crippen molar-refractivity contribution >= 4 is 5.91 Å². The zero-order valence-electron chi connectivity index (χ0n) is 15.6. The number of nitrogens with two attached hydrogens (primary N) is 1. The minimum absolute atomic E-state index is 0.0921. The van der Waals surface area contributed by atoms with E-state index in [2.05, 4.69) is 27.3 Å². The molecular formula is C21H23N5O2. The Morgan fingerprint density at radius 2 is 1.96 bits per heavy atom. The lowest BCUT2D eigenvalue weighted by atomic mass is 9.89. The summed E-state index contributed by atoms with van der Waals surface area (Å²) < 4.78 is 5.27. The van der Waals surface area contributed by atoms with Crippen molar-refractivity contribution in [2.45, 2.75) is 18.8 Å². The molecule has 4 rings (SSSR count). The molecule has 3 aromatic rings. The molecule has 1 aliphatic heterocycles. The number of hydrogen-bond acceptors (Lipinski definition) is 6. The SMILES string of the molecule is NC[C@@H]1CN(C(=O)CCc2nc(-c3ccccn3)no2)C[C@H]1c1ccccc1. The van der Waals surface area contributed by atoms with Crippen LogP contribution >= 0.6 is 0 Å². The molecule has 0 unspecified atom stereocenters. The minimum atomic E-state index is 0.0921. The van der Waals surface area contributed by atoms with Crippen LogP contribution in [0.2, 0.25) is 0 Å². The average Bonchev–Trinajstić information content (AvgIpc) is 3.40. The Morgan fingerprint density at radius 3 is 2.71 bits per heavy atom. The summed E-state index contributed by atoms with van der Waals surface area (Å²) in [5.41, 5.74) is 7.86. The molecule has 7 nitrogen and oxygen atoms in total. The van der Waals surface area contributed by atoms with E-state index in [1.165, 1.54) is 5.56 Å². The largest absolute Gasteiger partial charge is 0.342 e. The van der Waals surface area contributed by atoms with Crippen molar-refractivity contribution in [1.29, 1.82) is 0 Å². The quantitative estimate of drug-likeness (QED) is 0.708. The van der Waals surface area contributed by atoms with Gasteiger partial charge in [-0.1, -0.05) is 41.6 Å². The number of pyridine rings is 1. The lowest BCUT2D eigenvalue weighted by Crippen LogP contribution is -2.30. The molecule has 1 aromatic carbocycles. The maximum absolute atomic E-state index is 12.7. The van der Waals surface area contributed by atoms with Crippen LogP contribution in [-0.4, -0.2) is 45.6 Å². The molecular weight excluding hydrogens is 354 g/mol. The van der Waals surface area contributed by atoms with Crippen LogP contribution in [0, 0.1) is 5.92 Å². The van der Waals surface area contributed by atoms with Gasteiger partial charge in [-0.3, -0.25) is 9.78 Å². The molecule has 0 aliphatic carbocycles. The van der Waals surface area contributed by atoms with Crippen molar-refractivity contribution in [2.75, 3.05) is 19.6 Å². The Balaban J connectivity index is 1.36. The van der Waals surface area contributed by atoms with Crippen LogP contribution in [-0.2, 0) is 11.2 Å². The lowest BCUT2D eigenvalue weighted by Gasteiger charge is -2.16. The van der Waals surface area contributed by atoms with Crippen LogP contribution in [0.25, 0.3) is 11.5 Å². The standard InChI is InChI=1S/C21H23N5O2/c22-12-16-13-26(14-17(16)15-6-2-1-3-7-15)20(27)10-9-19-24-21(25-28-19)18-8-4-5-11-23-18/h1-8,11,16-17H,9-10,12-14,22H2/t16-,17+/m1/s1. The first kappa shape index (κ1) is 18.3. The third-order valence-corrected chi connectivity index (χ3v) is 5.24. The predicted molar refractivity (Wildman–Crippen MR) is 104 cm³/mol. The number of aryl methyl sites for hydroxylation is 1. The summed E-state index contributed by atoms with van der Waals surface area (Å²) in [7, 11) is 0. The third-order valence-electron chi connectivity index (χ3n) is 5.24. The normalized spacial score (nSPS) is 19.1. The molecule has 0 radical (unpaired) electrons. The van der Waals surface area contributed by atoms with Crippen LogP contribution < -0.4 is 5.73 Å². The number of rotatable bonds is 6. The lowest BCUT2D eigenvalue weighted by molar-refractivity contribution is -0.130. The van der Waals surface area contributed by atoms with Crippen LogP contribution in [0.1, 0.15) is 23.8 Å². The number of amides is 1. The monoisotopic (exact) mass is 377 g/mol. The molecule has 1 amide bonds. The number of carbonyl (C=O) groups excluding carboxylic acids is 1. The average molecular weight is 377 g/mol. The van der Waals surface area contributed by atoms with Crippen LogP contribution in [0.3, 0.4) is 0 Å². The second-order valence-corrected chi connectivity index (χ2v) is 7.04. The third kappa shape index (κ3) is 3.94. The van der Waals surface area contributed by atoms with E-state index in [-0.39, 0.29) is 17.7 Å². The van der Waals surface area contributed by atoms with Crippen molar-refractivity contribution in [3.63, 3.8) is 0 Å². The molecule has 1 fully saturated rings. The Labute approximate surface area is 163 Å². The zero-order valence-corrected chi connectivity index (χ0v) is 15.6. The number of aromatic nitrogens is 3. The second-order valence-electron chi connectivity index (χ2n) is 7.04. The smallest absolute Gasteiger partial charge is 0.227 e. The Kier molecular flexibility index (Phi) is 5.43. The summed E-state index contributed by atoms with van der Waals surface area (Å²) in [6, 6.07) is 15.8. The van der Waals surface area contributed by atoms with E-state index in [0.29, 0.717) is 49.9 Å². The Bertz CT molecular complexity index is 913. The molecule has 2 aromatic heterocycles. The molecule has 7 heteroatoms. The fraction of sp³-hybridized carbons (Fsp3) is 0.333. The molecule has 28 heavy (non-hydrogen) atoms. The van der Waals surface area contributed by atoms with Crippen molar-refractivity contribution in [3.8, 4) is 11.5 Å². The highest BCUT2D eigenvalue weighted by molar-refractivity contribution is 5.76. The van der Waals surface area contributed by atoms with Crippen molar-refractivity contribution in [3.05, 3.63) is 66.2 Å². The van der Waals surface area contributed by atoms with Gasteiger partial charge in [0.2, 0.25) is 17.6 Å². The summed E-state index contributed by atoms with van der Waals surface area (Å²) >= 11 is 0. The second kappa shape index (κ2) is 8.31. The zero-order chi connectivity index (χ0) is 19.3. The summed E-state index contributed by atoms with van der Waals surface area (Å²) in [4.78, 5) is 23.2. The first-order valence-electron chi connectivity index (χ1n) is 9.51. The van der Waals surface area contributed by atoms with Gasteiger partial charge in [-0.05, 0) is 30.2 Å². The number of carbonyl (C=O) groups is 1. The first-order valence-corrected chi connectivity index (χ1v) is 9.51. The van der Waals surface area contributed by atoms with Gasteiger partial charge in [0.05, 0.1) is 0 Å². The Morgan fingerprint density at radius 1 is 1.14 bits per heavy atom. The molecule has 0 spiro atoms. The maximum Gasteiger partial charge on any atom is 0.227 e. The first-order chi connectivity index (χ1) is 13.7. The van der Waals surface area contributed by atoms with E-state index in [0.717, 1.165) is 0 Å². The number of benzene rings is 1. The fourth-order valence-electron chi connectivity index (χ4n) is 3.72. The molecule has 144 valence electrons. The van der Waals surface area contributed by atoms with Gasteiger partial charge in [0.1, 0.15) is 5.69 Å². The highest BCUT2D eigenvalue weighted by atomic mass is 16.5. The van der Waals surface area contributed by atoms with E-state index in [1.807, 2.05) is 41.3 Å². The molecule has 2 N–H and O–H groups in total. The van der Waals surface area contributed by atoms with Gasteiger partial charge < -0.3 is 15.2 Å². The van der Waals surface area contributed by atoms with Crippen molar-refractivity contribution < 1.29 is 9.32 Å². The van der Waals surface area contributed by atoms with Crippen molar-refractivity contribution in [2.24, 2.45) is 11.7 Å². The van der Waals surface area contributed by atoms with Gasteiger partial charge in [0.25, 0.3) is 0 Å². The molecule has 1 saturated heterocycles. The van der Waals surface area contributed by atoms with Crippen molar-refractivity contribution in [1.82, 2.24) is 20.0 Å². The molecule has 0 bridgehead atoms. The Hall–Kier alpha value is -3.06. The molecule has 2 atom stereocenters. The summed E-state index contributed by atoms with van der Waals surface area (Å²) in [6.45, 7) is 1.96. The van der Waals surface area contributed by atoms with Crippen LogP contribution in [0.5, 0.6) is 0 Å². The highest BCUT2D eigenvalue weighted by Gasteiger charge is 2.35. The van der Waals surface area contributed by atoms with Gasteiger partial charge in [-0.2, -0.15) is 4.98 Å². The number of likely N-dealkylation sites (tertiary alicyclic amines) is 1. The predicted octanol–water partition coefficient (Wildman–Crippen LogP) is 2.27. The summed E-state index contributed by atoms with van der Waals surface area (Å²) in [6.07, 6.45) is 2.43. The van der Waals surface area contributed by atoms with Gasteiger partial charge in [0, 0.05) is 38.0 Å². The highest BCUT2D eigenvalue weighted by Crippen LogP contribution is 2.32. The van der Waals surface area contributed by atoms with E-state index in [1.54, 1.807) is 6.20 Å². The summed E-state index contributed by atoms with van der Waals surface area (Å²) in [5, 5.41) is 3.95. The molecule has 0 saturated carbocycles. The maximum atomic E-state index is 12.7. The number of hydrogen-bond donors (Lipinski definition) is 1. The fourth-order valence-corrected chi connectivity index (χ4v) is 3.72. The summed E-state index contributed by atoms with van der Waals surface area (Å²) in [5.74, 6) is 1.55. The van der Waals surface area contributed by atoms with Gasteiger partial charge >= 0.3 is 0 Å². The van der Waals surface area contributed by atoms with E-state index in [9.17, 15) is 4.79 Å². The van der Waals surface area contributed by atoms with E-state index >= 15 is 0 Å². The van der Waals surface area contributed by atoms with E-state index < -0.39 is 0 Å². The topological polar surface area (TPSA) is 98.1 Å². The van der Waals surface area contributed by atoms with Gasteiger partial charge in [0.15, 0.2) is 0 Å². The van der Waals surface area contributed by atoms with Crippen LogP contribution in [0.15, 0.2) is 59.3 Å². The van der Waals surface area contributed by atoms with Gasteiger partial charge in [-0.25, -0.2) is 0 Å². The molecule has 1 aliphatic rings.